The lowest BCUT2D eigenvalue weighted by molar-refractivity contribution is 0.475. The summed E-state index contributed by atoms with van der Waals surface area (Å²) in [5.74, 6) is 0.322. The van der Waals surface area contributed by atoms with Gasteiger partial charge in [-0.3, -0.25) is 0 Å². The molecule has 1 N–H and O–H groups in total. The number of hydrogen-bond donors (Lipinski definition) is 1. The number of phenols is 1. The summed E-state index contributed by atoms with van der Waals surface area (Å²) in [5, 5.41) is 8.63. The third-order valence-electron chi connectivity index (χ3n) is 5.17. The van der Waals surface area contributed by atoms with Gasteiger partial charge in [-0.1, -0.05) is 133 Å². The lowest BCUT2D eigenvalue weighted by Crippen LogP contribution is -1.86. The molecule has 0 aliphatic carbocycles. The summed E-state index contributed by atoms with van der Waals surface area (Å²) in [5.41, 5.74) is 1.50. The van der Waals surface area contributed by atoms with E-state index in [0.29, 0.717) is 5.75 Å². The molecule has 0 amide bonds. The molecular weight excluding hydrogens is 340 g/mol. The topological polar surface area (TPSA) is 20.2 Å². The zero-order valence-corrected chi connectivity index (χ0v) is 18.1. The van der Waals surface area contributed by atoms with E-state index in [4.69, 9.17) is 5.11 Å². The summed E-state index contributed by atoms with van der Waals surface area (Å²) in [6.07, 6.45) is 20.0. The lowest BCUT2D eigenvalue weighted by Gasteiger charge is -2.03. The largest absolute Gasteiger partial charge is 0.508 e. The maximum absolute atomic E-state index is 8.63. The van der Waals surface area contributed by atoms with E-state index in [1.54, 1.807) is 24.3 Å². The SMILES string of the molecule is CCCCCCCCCCCCCCCc1ccccc1.Oc1ccccc1. The van der Waals surface area contributed by atoms with E-state index in [1.165, 1.54) is 95.5 Å². The van der Waals surface area contributed by atoms with Gasteiger partial charge in [0.15, 0.2) is 0 Å². The average Bonchev–Trinajstić information content (AvgIpc) is 2.73. The number of hydrogen-bond acceptors (Lipinski definition) is 1. The molecule has 0 radical (unpaired) electrons. The van der Waals surface area contributed by atoms with Crippen molar-refractivity contribution >= 4 is 0 Å². The van der Waals surface area contributed by atoms with Gasteiger partial charge in [0.05, 0.1) is 0 Å². The molecule has 0 aliphatic heterocycles. The van der Waals surface area contributed by atoms with Crippen LogP contribution in [0.15, 0.2) is 60.7 Å². The summed E-state index contributed by atoms with van der Waals surface area (Å²) >= 11 is 0. The monoisotopic (exact) mass is 382 g/mol. The quantitative estimate of drug-likeness (QED) is 0.324. The Bertz CT molecular complexity index is 535. The van der Waals surface area contributed by atoms with Crippen molar-refractivity contribution in [1.29, 1.82) is 0 Å². The predicted octanol–water partition coefficient (Wildman–Crippen LogP) is 8.71. The van der Waals surface area contributed by atoms with Gasteiger partial charge in [-0.05, 0) is 30.5 Å². The van der Waals surface area contributed by atoms with Gasteiger partial charge in [0.1, 0.15) is 5.75 Å². The standard InChI is InChI=1S/C21H36.C6H6O/c1-2-3-4-5-6-7-8-9-10-11-12-13-15-18-21-19-16-14-17-20-21;7-6-4-2-1-3-5-6/h14,16-17,19-20H,2-13,15,18H2,1H3;1-5,7H. The summed E-state index contributed by atoms with van der Waals surface area (Å²) in [6.45, 7) is 2.29. The molecule has 2 aromatic rings. The van der Waals surface area contributed by atoms with Crippen LogP contribution in [0.3, 0.4) is 0 Å². The third kappa shape index (κ3) is 15.3. The van der Waals surface area contributed by atoms with Crippen LogP contribution in [0.4, 0.5) is 0 Å². The van der Waals surface area contributed by atoms with Crippen molar-refractivity contribution < 1.29 is 5.11 Å². The first-order valence-corrected chi connectivity index (χ1v) is 11.6. The molecule has 0 fully saturated rings. The molecule has 2 rings (SSSR count). The van der Waals surface area contributed by atoms with Crippen LogP contribution < -0.4 is 0 Å². The van der Waals surface area contributed by atoms with E-state index < -0.39 is 0 Å². The van der Waals surface area contributed by atoms with E-state index in [2.05, 4.69) is 37.3 Å². The van der Waals surface area contributed by atoms with E-state index in [1.807, 2.05) is 6.07 Å². The van der Waals surface area contributed by atoms with Gasteiger partial charge in [0.25, 0.3) is 0 Å². The highest BCUT2D eigenvalue weighted by molar-refractivity contribution is 5.18. The van der Waals surface area contributed by atoms with Crippen molar-refractivity contribution in [2.75, 3.05) is 0 Å². The zero-order chi connectivity index (χ0) is 20.1. The number of aromatic hydroxyl groups is 1. The Morgan fingerprint density at radius 2 is 0.893 bits per heavy atom. The number of phenolic OH excluding ortho intramolecular Hbond substituents is 1. The minimum Gasteiger partial charge on any atom is -0.508 e. The third-order valence-corrected chi connectivity index (χ3v) is 5.17. The zero-order valence-electron chi connectivity index (χ0n) is 18.1. The summed E-state index contributed by atoms with van der Waals surface area (Å²) in [6, 6.07) is 19.6. The molecular formula is C27H42O. The molecule has 28 heavy (non-hydrogen) atoms. The van der Waals surface area contributed by atoms with Gasteiger partial charge in [0.2, 0.25) is 0 Å². The van der Waals surface area contributed by atoms with Crippen LogP contribution in [0.5, 0.6) is 5.75 Å². The molecule has 0 heterocycles. The Morgan fingerprint density at radius 1 is 0.500 bits per heavy atom. The highest BCUT2D eigenvalue weighted by Gasteiger charge is 1.95. The lowest BCUT2D eigenvalue weighted by atomic mass is 10.0. The van der Waals surface area contributed by atoms with Crippen molar-refractivity contribution in [3.8, 4) is 5.75 Å². The highest BCUT2D eigenvalue weighted by atomic mass is 16.3. The minimum absolute atomic E-state index is 0.322. The maximum atomic E-state index is 8.63. The summed E-state index contributed by atoms with van der Waals surface area (Å²) < 4.78 is 0. The van der Waals surface area contributed by atoms with Gasteiger partial charge >= 0.3 is 0 Å². The molecule has 0 aliphatic rings. The van der Waals surface area contributed by atoms with E-state index in [-0.39, 0.29) is 0 Å². The minimum atomic E-state index is 0.322. The van der Waals surface area contributed by atoms with Crippen molar-refractivity contribution in [3.05, 3.63) is 66.2 Å². The smallest absolute Gasteiger partial charge is 0.115 e. The first-order chi connectivity index (χ1) is 13.8. The van der Waals surface area contributed by atoms with Crippen LogP contribution in [-0.4, -0.2) is 5.11 Å². The Kier molecular flexibility index (Phi) is 16.1. The van der Waals surface area contributed by atoms with Crippen LogP contribution in [0.25, 0.3) is 0 Å². The van der Waals surface area contributed by atoms with Crippen molar-refractivity contribution in [1.82, 2.24) is 0 Å². The molecule has 1 nitrogen and oxygen atoms in total. The molecule has 0 unspecified atom stereocenters. The molecule has 0 saturated carbocycles. The number of para-hydroxylation sites is 1. The highest BCUT2D eigenvalue weighted by Crippen LogP contribution is 2.13. The van der Waals surface area contributed by atoms with Crippen LogP contribution in [0.1, 0.15) is 96.0 Å². The Morgan fingerprint density at radius 3 is 1.29 bits per heavy atom. The summed E-state index contributed by atoms with van der Waals surface area (Å²) in [7, 11) is 0. The van der Waals surface area contributed by atoms with Gasteiger partial charge in [0, 0.05) is 0 Å². The Hall–Kier alpha value is -1.76. The Balaban J connectivity index is 0.000000467. The van der Waals surface area contributed by atoms with Gasteiger partial charge in [-0.2, -0.15) is 0 Å². The second kappa shape index (κ2) is 18.6. The molecule has 0 bridgehead atoms. The van der Waals surface area contributed by atoms with E-state index in [9.17, 15) is 0 Å². The number of benzene rings is 2. The summed E-state index contributed by atoms with van der Waals surface area (Å²) in [4.78, 5) is 0. The van der Waals surface area contributed by atoms with Crippen LogP contribution in [-0.2, 0) is 6.42 Å². The van der Waals surface area contributed by atoms with E-state index >= 15 is 0 Å². The van der Waals surface area contributed by atoms with E-state index in [0.717, 1.165) is 0 Å². The fourth-order valence-corrected chi connectivity index (χ4v) is 3.42. The molecule has 0 spiro atoms. The van der Waals surface area contributed by atoms with Gasteiger partial charge < -0.3 is 5.11 Å². The molecule has 1 heteroatoms. The Labute approximate surface area is 174 Å². The van der Waals surface area contributed by atoms with Crippen LogP contribution in [0.2, 0.25) is 0 Å². The second-order valence-electron chi connectivity index (χ2n) is 7.81. The molecule has 2 aromatic carbocycles. The molecule has 0 saturated heterocycles. The van der Waals surface area contributed by atoms with Crippen LogP contribution >= 0.6 is 0 Å². The number of rotatable bonds is 14. The van der Waals surface area contributed by atoms with Crippen molar-refractivity contribution in [2.24, 2.45) is 0 Å². The number of aryl methyl sites for hydroxylation is 1. The fraction of sp³-hybridized carbons (Fsp3) is 0.556. The van der Waals surface area contributed by atoms with Gasteiger partial charge in [-0.25, -0.2) is 0 Å². The van der Waals surface area contributed by atoms with Crippen LogP contribution in [0, 0.1) is 0 Å². The average molecular weight is 383 g/mol. The fourth-order valence-electron chi connectivity index (χ4n) is 3.42. The predicted molar refractivity (Wildman–Crippen MR) is 124 cm³/mol. The van der Waals surface area contributed by atoms with Gasteiger partial charge in [-0.15, -0.1) is 0 Å². The molecule has 0 aromatic heterocycles. The second-order valence-corrected chi connectivity index (χ2v) is 7.81. The first-order valence-electron chi connectivity index (χ1n) is 11.6. The maximum Gasteiger partial charge on any atom is 0.115 e. The van der Waals surface area contributed by atoms with Crippen molar-refractivity contribution in [3.63, 3.8) is 0 Å². The molecule has 0 atom stereocenters. The number of unbranched alkanes of at least 4 members (excludes halogenated alkanes) is 12. The normalized spacial score (nSPS) is 10.3. The molecule has 156 valence electrons. The van der Waals surface area contributed by atoms with Crippen molar-refractivity contribution in [2.45, 2.75) is 96.8 Å². The first kappa shape index (κ1) is 24.3.